The van der Waals surface area contributed by atoms with Crippen LogP contribution in [0, 0.1) is 0 Å². The van der Waals surface area contributed by atoms with Crippen LogP contribution < -0.4 is 5.32 Å². The second kappa shape index (κ2) is 7.25. The number of aliphatic hydroxyl groups is 1. The normalized spacial score (nSPS) is 27.4. The zero-order valence-corrected chi connectivity index (χ0v) is 12.1. The molecule has 1 aliphatic carbocycles. The highest BCUT2D eigenvalue weighted by atomic mass is 16.3. The van der Waals surface area contributed by atoms with Crippen molar-refractivity contribution in [3.8, 4) is 0 Å². The first-order valence-corrected chi connectivity index (χ1v) is 7.86. The Kier molecular flexibility index (Phi) is 5.64. The van der Waals surface area contributed by atoms with Crippen LogP contribution in [0.1, 0.15) is 58.3 Å². The summed E-state index contributed by atoms with van der Waals surface area (Å²) in [5.41, 5.74) is 0. The van der Waals surface area contributed by atoms with E-state index in [-0.39, 0.29) is 12.0 Å². The molecule has 1 amide bonds. The van der Waals surface area contributed by atoms with Gasteiger partial charge in [-0.2, -0.15) is 0 Å². The molecule has 2 rings (SSSR count). The Bertz CT molecular complexity index is 288. The summed E-state index contributed by atoms with van der Waals surface area (Å²) < 4.78 is 0. The predicted octanol–water partition coefficient (Wildman–Crippen LogP) is 1.67. The van der Waals surface area contributed by atoms with E-state index in [2.05, 4.69) is 10.2 Å². The minimum atomic E-state index is -0.275. The number of likely N-dealkylation sites (tertiary alicyclic amines) is 1. The van der Waals surface area contributed by atoms with Crippen LogP contribution in [0.25, 0.3) is 0 Å². The van der Waals surface area contributed by atoms with E-state index in [1.165, 1.54) is 25.7 Å². The van der Waals surface area contributed by atoms with Crippen LogP contribution in [0.4, 0.5) is 0 Å². The van der Waals surface area contributed by atoms with Crippen molar-refractivity contribution in [2.45, 2.75) is 76.5 Å². The van der Waals surface area contributed by atoms with Gasteiger partial charge in [0, 0.05) is 12.1 Å². The summed E-state index contributed by atoms with van der Waals surface area (Å²) in [7, 11) is 0. The van der Waals surface area contributed by atoms with Crippen LogP contribution in [0.3, 0.4) is 0 Å². The second-order valence-electron chi connectivity index (χ2n) is 6.25. The molecule has 0 aromatic rings. The zero-order valence-electron chi connectivity index (χ0n) is 12.1. The summed E-state index contributed by atoms with van der Waals surface area (Å²) in [6.45, 7) is 3.34. The Hall–Kier alpha value is -0.610. The number of amides is 1. The smallest absolute Gasteiger partial charge is 0.234 e. The van der Waals surface area contributed by atoms with Gasteiger partial charge in [0.05, 0.1) is 12.6 Å². The minimum Gasteiger partial charge on any atom is -0.393 e. The molecular weight excluding hydrogens is 240 g/mol. The highest BCUT2D eigenvalue weighted by Gasteiger charge is 2.26. The first-order chi connectivity index (χ1) is 9.15. The van der Waals surface area contributed by atoms with Crippen LogP contribution in [0.15, 0.2) is 0 Å². The van der Waals surface area contributed by atoms with Gasteiger partial charge in [-0.15, -0.1) is 0 Å². The maximum absolute atomic E-state index is 12.1. The average molecular weight is 268 g/mol. The number of aliphatic hydroxyl groups excluding tert-OH is 1. The Balaban J connectivity index is 1.79. The number of nitrogens with one attached hydrogen (secondary N) is 1. The van der Waals surface area contributed by atoms with Crippen molar-refractivity contribution in [3.63, 3.8) is 0 Å². The van der Waals surface area contributed by atoms with Gasteiger partial charge in [0.25, 0.3) is 0 Å². The number of hydrogen-bond acceptors (Lipinski definition) is 3. The lowest BCUT2D eigenvalue weighted by Crippen LogP contribution is -2.48. The average Bonchev–Trinajstić information content (AvgIpc) is 2.83. The molecular formula is C15H28N2O2. The van der Waals surface area contributed by atoms with Gasteiger partial charge in [0.2, 0.25) is 5.91 Å². The molecule has 1 heterocycles. The summed E-state index contributed by atoms with van der Waals surface area (Å²) in [5.74, 6) is 0.171. The number of rotatable bonds is 5. The van der Waals surface area contributed by atoms with Gasteiger partial charge < -0.3 is 10.4 Å². The number of carbonyl (C=O) groups excluding carboxylic acids is 1. The van der Waals surface area contributed by atoms with Gasteiger partial charge in [-0.05, 0) is 45.6 Å². The highest BCUT2D eigenvalue weighted by molar-refractivity contribution is 5.78. The van der Waals surface area contributed by atoms with Gasteiger partial charge in [-0.1, -0.05) is 19.3 Å². The van der Waals surface area contributed by atoms with Gasteiger partial charge in [0.15, 0.2) is 0 Å². The lowest BCUT2D eigenvalue weighted by Gasteiger charge is -2.36. The molecule has 0 aromatic heterocycles. The molecule has 0 bridgehead atoms. The van der Waals surface area contributed by atoms with Crippen LogP contribution >= 0.6 is 0 Å². The second-order valence-corrected chi connectivity index (χ2v) is 6.25. The first-order valence-electron chi connectivity index (χ1n) is 7.86. The Morgan fingerprint density at radius 2 is 1.95 bits per heavy atom. The predicted molar refractivity (Wildman–Crippen MR) is 75.9 cm³/mol. The first kappa shape index (κ1) is 14.8. The van der Waals surface area contributed by atoms with E-state index in [9.17, 15) is 9.90 Å². The largest absolute Gasteiger partial charge is 0.393 e. The third kappa shape index (κ3) is 4.77. The molecule has 1 saturated heterocycles. The van der Waals surface area contributed by atoms with E-state index < -0.39 is 0 Å². The summed E-state index contributed by atoms with van der Waals surface area (Å²) in [6, 6.07) is 0.788. The maximum atomic E-state index is 12.1. The Labute approximate surface area is 116 Å². The molecule has 2 fully saturated rings. The Morgan fingerprint density at radius 1 is 1.26 bits per heavy atom. The lowest BCUT2D eigenvalue weighted by atomic mass is 9.97. The van der Waals surface area contributed by atoms with Crippen LogP contribution in [0.2, 0.25) is 0 Å². The summed E-state index contributed by atoms with van der Waals surface area (Å²) in [5, 5.41) is 12.7. The monoisotopic (exact) mass is 268 g/mol. The standard InChI is InChI=1S/C15H28N2O2/c1-12(18)10-14-8-4-5-9-17(14)11-15(19)16-13-6-2-3-7-13/h12-14,18H,2-11H2,1H3,(H,16,19). The van der Waals surface area contributed by atoms with Crippen molar-refractivity contribution in [1.29, 1.82) is 0 Å². The van der Waals surface area contributed by atoms with Crippen molar-refractivity contribution in [3.05, 3.63) is 0 Å². The van der Waals surface area contributed by atoms with Crippen LogP contribution in [-0.2, 0) is 4.79 Å². The highest BCUT2D eigenvalue weighted by Crippen LogP contribution is 2.21. The molecule has 4 heteroatoms. The van der Waals surface area contributed by atoms with E-state index in [0.29, 0.717) is 18.6 Å². The van der Waals surface area contributed by atoms with E-state index in [0.717, 1.165) is 32.2 Å². The van der Waals surface area contributed by atoms with Gasteiger partial charge in [0.1, 0.15) is 0 Å². The van der Waals surface area contributed by atoms with Gasteiger partial charge in [-0.25, -0.2) is 0 Å². The van der Waals surface area contributed by atoms with Crippen LogP contribution in [-0.4, -0.2) is 47.2 Å². The lowest BCUT2D eigenvalue weighted by molar-refractivity contribution is -0.124. The molecule has 2 N–H and O–H groups in total. The third-order valence-corrected chi connectivity index (χ3v) is 4.43. The molecule has 4 nitrogen and oxygen atoms in total. The molecule has 2 aliphatic rings. The van der Waals surface area contributed by atoms with Crippen LogP contribution in [0.5, 0.6) is 0 Å². The molecule has 2 unspecified atom stereocenters. The van der Waals surface area contributed by atoms with E-state index >= 15 is 0 Å². The zero-order chi connectivity index (χ0) is 13.7. The molecule has 0 radical (unpaired) electrons. The number of piperidine rings is 1. The minimum absolute atomic E-state index is 0.171. The van der Waals surface area contributed by atoms with Crippen molar-refractivity contribution in [1.82, 2.24) is 10.2 Å². The number of hydrogen-bond donors (Lipinski definition) is 2. The SMILES string of the molecule is CC(O)CC1CCCCN1CC(=O)NC1CCCC1. The molecule has 19 heavy (non-hydrogen) atoms. The molecule has 0 aromatic carbocycles. The van der Waals surface area contributed by atoms with E-state index in [1.807, 2.05) is 6.92 Å². The van der Waals surface area contributed by atoms with Crippen molar-refractivity contribution >= 4 is 5.91 Å². The fourth-order valence-electron chi connectivity index (χ4n) is 3.46. The summed E-state index contributed by atoms with van der Waals surface area (Å²) in [6.07, 6.45) is 8.80. The van der Waals surface area contributed by atoms with Crippen molar-refractivity contribution in [2.75, 3.05) is 13.1 Å². The van der Waals surface area contributed by atoms with Crippen molar-refractivity contribution in [2.24, 2.45) is 0 Å². The van der Waals surface area contributed by atoms with Crippen molar-refractivity contribution < 1.29 is 9.90 Å². The fourth-order valence-corrected chi connectivity index (χ4v) is 3.46. The van der Waals surface area contributed by atoms with E-state index in [4.69, 9.17) is 0 Å². The molecule has 1 aliphatic heterocycles. The number of carbonyl (C=O) groups is 1. The fraction of sp³-hybridized carbons (Fsp3) is 0.933. The van der Waals surface area contributed by atoms with Gasteiger partial charge in [-0.3, -0.25) is 9.69 Å². The summed E-state index contributed by atoms with van der Waals surface area (Å²) in [4.78, 5) is 14.3. The molecule has 0 spiro atoms. The Morgan fingerprint density at radius 3 is 2.63 bits per heavy atom. The third-order valence-electron chi connectivity index (χ3n) is 4.43. The molecule has 110 valence electrons. The molecule has 1 saturated carbocycles. The molecule has 2 atom stereocenters. The topological polar surface area (TPSA) is 52.6 Å². The quantitative estimate of drug-likeness (QED) is 0.797. The maximum Gasteiger partial charge on any atom is 0.234 e. The summed E-state index contributed by atoms with van der Waals surface area (Å²) >= 11 is 0. The van der Waals surface area contributed by atoms with E-state index in [1.54, 1.807) is 0 Å². The number of nitrogens with zero attached hydrogens (tertiary/aromatic N) is 1. The van der Waals surface area contributed by atoms with Gasteiger partial charge >= 0.3 is 0 Å².